The van der Waals surface area contributed by atoms with E-state index >= 15 is 0 Å². The zero-order chi connectivity index (χ0) is 19.1. The highest BCUT2D eigenvalue weighted by Gasteiger charge is 2.17. The van der Waals surface area contributed by atoms with Gasteiger partial charge in [-0.2, -0.15) is 0 Å². The minimum absolute atomic E-state index is 0.00858. The van der Waals surface area contributed by atoms with Gasteiger partial charge in [-0.3, -0.25) is 4.79 Å². The minimum atomic E-state index is -0.119. The monoisotopic (exact) mass is 355 g/mol. The van der Waals surface area contributed by atoms with Crippen LogP contribution in [0.2, 0.25) is 0 Å². The molecule has 0 radical (unpaired) electrons. The Bertz CT molecular complexity index is 723. The molecule has 0 fully saturated rings. The summed E-state index contributed by atoms with van der Waals surface area (Å²) in [5.74, 6) is 1.89. The second kappa shape index (κ2) is 9.27. The summed E-state index contributed by atoms with van der Waals surface area (Å²) in [6, 6.07) is 13.7. The summed E-state index contributed by atoms with van der Waals surface area (Å²) < 4.78 is 10.9. The molecule has 1 atom stereocenters. The molecule has 2 aromatic rings. The first kappa shape index (κ1) is 19.8. The van der Waals surface area contributed by atoms with Crippen molar-refractivity contribution in [2.24, 2.45) is 5.92 Å². The van der Waals surface area contributed by atoms with Crippen LogP contribution in [0.5, 0.6) is 11.5 Å². The third kappa shape index (κ3) is 5.80. The summed E-state index contributed by atoms with van der Waals surface area (Å²) >= 11 is 0. The lowest BCUT2D eigenvalue weighted by Gasteiger charge is -2.21. The zero-order valence-corrected chi connectivity index (χ0v) is 16.3. The Morgan fingerprint density at radius 1 is 1.08 bits per heavy atom. The molecule has 0 saturated heterocycles. The van der Waals surface area contributed by atoms with E-state index in [4.69, 9.17) is 9.47 Å². The minimum Gasteiger partial charge on any atom is -0.497 e. The molecule has 4 heteroatoms. The molecule has 1 amide bonds. The van der Waals surface area contributed by atoms with Crippen molar-refractivity contribution in [1.82, 2.24) is 5.32 Å². The maximum Gasteiger partial charge on any atom is 0.258 e. The van der Waals surface area contributed by atoms with Crippen molar-refractivity contribution in [1.29, 1.82) is 0 Å². The van der Waals surface area contributed by atoms with E-state index in [1.807, 2.05) is 56.3 Å². The summed E-state index contributed by atoms with van der Waals surface area (Å²) in [7, 11) is 1.65. The average molecular weight is 355 g/mol. The van der Waals surface area contributed by atoms with Crippen LogP contribution < -0.4 is 14.8 Å². The maximum absolute atomic E-state index is 12.4. The molecule has 4 nitrogen and oxygen atoms in total. The van der Waals surface area contributed by atoms with E-state index < -0.39 is 0 Å². The first-order valence-electron chi connectivity index (χ1n) is 9.02. The predicted molar refractivity (Wildman–Crippen MR) is 105 cm³/mol. The van der Waals surface area contributed by atoms with Gasteiger partial charge in [-0.25, -0.2) is 0 Å². The Kier molecular flexibility index (Phi) is 7.07. The number of hydrogen-bond acceptors (Lipinski definition) is 3. The Morgan fingerprint density at radius 3 is 2.35 bits per heavy atom. The van der Waals surface area contributed by atoms with E-state index in [2.05, 4.69) is 19.2 Å². The normalized spacial score (nSPS) is 11.9. The van der Waals surface area contributed by atoms with Crippen LogP contribution >= 0.6 is 0 Å². The van der Waals surface area contributed by atoms with Crippen molar-refractivity contribution >= 4 is 5.91 Å². The van der Waals surface area contributed by atoms with Crippen LogP contribution in [0.25, 0.3) is 0 Å². The number of hydrogen-bond donors (Lipinski definition) is 1. The Labute approximate surface area is 156 Å². The lowest BCUT2D eigenvalue weighted by atomic mass is 9.97. The van der Waals surface area contributed by atoms with E-state index in [0.29, 0.717) is 5.92 Å². The van der Waals surface area contributed by atoms with Gasteiger partial charge in [0.2, 0.25) is 0 Å². The largest absolute Gasteiger partial charge is 0.497 e. The second-order valence-corrected chi connectivity index (χ2v) is 7.08. The van der Waals surface area contributed by atoms with Gasteiger partial charge < -0.3 is 14.8 Å². The van der Waals surface area contributed by atoms with Crippen LogP contribution in [-0.4, -0.2) is 19.6 Å². The van der Waals surface area contributed by atoms with Gasteiger partial charge >= 0.3 is 0 Å². The van der Waals surface area contributed by atoms with Gasteiger partial charge in [0, 0.05) is 0 Å². The summed E-state index contributed by atoms with van der Waals surface area (Å²) in [6.07, 6.45) is 0.863. The molecule has 0 aliphatic rings. The van der Waals surface area contributed by atoms with Crippen molar-refractivity contribution in [2.75, 3.05) is 13.7 Å². The Balaban J connectivity index is 2.01. The molecule has 0 aliphatic heterocycles. The standard InChI is InChI=1S/C22H29NO3/c1-15(2)12-20(18-7-9-19(25-5)10-8-18)23-22(24)14-26-21-11-6-16(3)13-17(21)4/h6-11,13,15,20H,12,14H2,1-5H3,(H,23,24). The molecule has 2 aromatic carbocycles. The molecule has 0 spiro atoms. The first-order valence-corrected chi connectivity index (χ1v) is 9.02. The number of benzene rings is 2. The third-order valence-electron chi connectivity index (χ3n) is 4.25. The molecule has 1 unspecified atom stereocenters. The Morgan fingerprint density at radius 2 is 1.77 bits per heavy atom. The smallest absolute Gasteiger partial charge is 0.258 e. The molecule has 0 bridgehead atoms. The average Bonchev–Trinajstić information content (AvgIpc) is 2.60. The second-order valence-electron chi connectivity index (χ2n) is 7.08. The number of ether oxygens (including phenoxy) is 2. The number of rotatable bonds is 8. The zero-order valence-electron chi connectivity index (χ0n) is 16.3. The fraction of sp³-hybridized carbons (Fsp3) is 0.409. The van der Waals surface area contributed by atoms with E-state index in [1.165, 1.54) is 5.56 Å². The van der Waals surface area contributed by atoms with Gasteiger partial charge in [0.05, 0.1) is 13.2 Å². The van der Waals surface area contributed by atoms with Crippen LogP contribution in [0.3, 0.4) is 0 Å². The van der Waals surface area contributed by atoms with Crippen LogP contribution in [0.1, 0.15) is 43.0 Å². The Hall–Kier alpha value is -2.49. The van der Waals surface area contributed by atoms with Gasteiger partial charge in [0.15, 0.2) is 6.61 Å². The molecule has 0 heterocycles. The summed E-state index contributed by atoms with van der Waals surface area (Å²) in [5, 5.41) is 3.10. The van der Waals surface area contributed by atoms with Crippen LogP contribution in [0.15, 0.2) is 42.5 Å². The molecule has 2 rings (SSSR count). The molecule has 0 saturated carbocycles. The van der Waals surface area contributed by atoms with Crippen LogP contribution in [0, 0.1) is 19.8 Å². The van der Waals surface area contributed by atoms with Crippen LogP contribution in [-0.2, 0) is 4.79 Å². The number of methoxy groups -OCH3 is 1. The van der Waals surface area contributed by atoms with Crippen molar-refractivity contribution in [3.63, 3.8) is 0 Å². The van der Waals surface area contributed by atoms with Crippen molar-refractivity contribution in [2.45, 2.75) is 40.2 Å². The van der Waals surface area contributed by atoms with Crippen molar-refractivity contribution in [3.05, 3.63) is 59.2 Å². The lowest BCUT2D eigenvalue weighted by Crippen LogP contribution is -2.33. The van der Waals surface area contributed by atoms with Crippen molar-refractivity contribution in [3.8, 4) is 11.5 Å². The SMILES string of the molecule is COc1ccc(C(CC(C)C)NC(=O)COc2ccc(C)cc2C)cc1. The first-order chi connectivity index (χ1) is 12.4. The van der Waals surface area contributed by atoms with Crippen molar-refractivity contribution < 1.29 is 14.3 Å². The molecular formula is C22H29NO3. The maximum atomic E-state index is 12.4. The number of aryl methyl sites for hydroxylation is 2. The number of amides is 1. The molecule has 0 aromatic heterocycles. The number of carbonyl (C=O) groups excluding carboxylic acids is 1. The number of carbonyl (C=O) groups is 1. The highest BCUT2D eigenvalue weighted by molar-refractivity contribution is 5.78. The van der Waals surface area contributed by atoms with E-state index in [-0.39, 0.29) is 18.6 Å². The topological polar surface area (TPSA) is 47.6 Å². The van der Waals surface area contributed by atoms with E-state index in [9.17, 15) is 4.79 Å². The highest BCUT2D eigenvalue weighted by Crippen LogP contribution is 2.24. The predicted octanol–water partition coefficient (Wildman–Crippen LogP) is 4.59. The fourth-order valence-electron chi connectivity index (χ4n) is 2.93. The fourth-order valence-corrected chi connectivity index (χ4v) is 2.93. The van der Waals surface area contributed by atoms with Gasteiger partial charge in [0.25, 0.3) is 5.91 Å². The third-order valence-corrected chi connectivity index (χ3v) is 4.25. The molecule has 140 valence electrons. The van der Waals surface area contributed by atoms with Gasteiger partial charge in [-0.15, -0.1) is 0 Å². The molecule has 26 heavy (non-hydrogen) atoms. The highest BCUT2D eigenvalue weighted by atomic mass is 16.5. The quantitative estimate of drug-likeness (QED) is 0.753. The summed E-state index contributed by atoms with van der Waals surface area (Å²) in [5.41, 5.74) is 3.28. The van der Waals surface area contributed by atoms with E-state index in [1.54, 1.807) is 7.11 Å². The lowest BCUT2D eigenvalue weighted by molar-refractivity contribution is -0.124. The van der Waals surface area contributed by atoms with E-state index in [0.717, 1.165) is 29.0 Å². The number of nitrogens with one attached hydrogen (secondary N) is 1. The molecule has 0 aliphatic carbocycles. The summed E-state index contributed by atoms with van der Waals surface area (Å²) in [6.45, 7) is 8.33. The van der Waals surface area contributed by atoms with Gasteiger partial charge in [-0.1, -0.05) is 43.7 Å². The molecule has 1 N–H and O–H groups in total. The van der Waals surface area contributed by atoms with Crippen LogP contribution in [0.4, 0.5) is 0 Å². The van der Waals surface area contributed by atoms with Gasteiger partial charge in [0.1, 0.15) is 11.5 Å². The molecular weight excluding hydrogens is 326 g/mol. The summed E-state index contributed by atoms with van der Waals surface area (Å²) in [4.78, 5) is 12.4. The van der Waals surface area contributed by atoms with Gasteiger partial charge in [-0.05, 0) is 55.5 Å².